The molecular weight excluding hydrogens is 260 g/mol. The Hall–Kier alpha value is -1.06. The predicted octanol–water partition coefficient (Wildman–Crippen LogP) is 3.44. The number of nitrogens with one attached hydrogen (secondary N) is 1. The molecule has 0 aromatic heterocycles. The molecule has 1 aromatic rings. The molecule has 3 nitrogen and oxygen atoms in total. The van der Waals surface area contributed by atoms with Gasteiger partial charge in [0.2, 0.25) is 0 Å². The molecule has 1 heterocycles. The van der Waals surface area contributed by atoms with Crippen molar-refractivity contribution in [3.05, 3.63) is 29.8 Å². The molecule has 118 valence electrons. The van der Waals surface area contributed by atoms with Gasteiger partial charge in [0.05, 0.1) is 6.10 Å². The van der Waals surface area contributed by atoms with Crippen molar-refractivity contribution in [1.29, 1.82) is 0 Å². The fraction of sp³-hybridized carbons (Fsp3) is 0.667. The molecule has 1 fully saturated rings. The lowest BCUT2D eigenvalue weighted by atomic mass is 10.1. The van der Waals surface area contributed by atoms with Crippen LogP contribution in [0.2, 0.25) is 0 Å². The summed E-state index contributed by atoms with van der Waals surface area (Å²) < 4.78 is 5.67. The van der Waals surface area contributed by atoms with E-state index in [0.717, 1.165) is 18.8 Å². The van der Waals surface area contributed by atoms with Crippen molar-refractivity contribution >= 4 is 0 Å². The Bertz CT molecular complexity index is 396. The van der Waals surface area contributed by atoms with E-state index >= 15 is 0 Å². The Balaban J connectivity index is 1.71. The van der Waals surface area contributed by atoms with Crippen LogP contribution in [0.4, 0.5) is 0 Å². The second-order valence-electron chi connectivity index (χ2n) is 6.45. The minimum absolute atomic E-state index is 0.235. The van der Waals surface area contributed by atoms with Gasteiger partial charge in [0.15, 0.2) is 0 Å². The molecule has 1 aromatic carbocycles. The minimum Gasteiger partial charge on any atom is -0.491 e. The van der Waals surface area contributed by atoms with Gasteiger partial charge in [-0.15, -0.1) is 0 Å². The number of benzene rings is 1. The molecule has 0 bridgehead atoms. The normalized spacial score (nSPS) is 17.9. The molecule has 2 rings (SSSR count). The molecule has 0 spiro atoms. The van der Waals surface area contributed by atoms with Crippen LogP contribution in [0.5, 0.6) is 5.75 Å². The maximum Gasteiger partial charge on any atom is 0.119 e. The van der Waals surface area contributed by atoms with Crippen molar-refractivity contribution in [2.45, 2.75) is 58.7 Å². The molecule has 0 radical (unpaired) electrons. The second kappa shape index (κ2) is 8.40. The first-order valence-electron chi connectivity index (χ1n) is 8.35. The molecule has 1 N–H and O–H groups in total. The van der Waals surface area contributed by atoms with E-state index in [-0.39, 0.29) is 6.10 Å². The fourth-order valence-electron chi connectivity index (χ4n) is 2.84. The van der Waals surface area contributed by atoms with Gasteiger partial charge in [0.25, 0.3) is 0 Å². The predicted molar refractivity (Wildman–Crippen MR) is 88.8 cm³/mol. The maximum atomic E-state index is 5.67. The lowest BCUT2D eigenvalue weighted by molar-refractivity contribution is 0.209. The third kappa shape index (κ3) is 6.06. The minimum atomic E-state index is 0.235. The van der Waals surface area contributed by atoms with Gasteiger partial charge in [-0.25, -0.2) is 0 Å². The van der Waals surface area contributed by atoms with E-state index in [1.54, 1.807) is 0 Å². The van der Waals surface area contributed by atoms with Gasteiger partial charge in [-0.2, -0.15) is 0 Å². The maximum absolute atomic E-state index is 5.67. The Morgan fingerprint density at radius 3 is 2.33 bits per heavy atom. The van der Waals surface area contributed by atoms with Crippen LogP contribution in [0.25, 0.3) is 0 Å². The van der Waals surface area contributed by atoms with E-state index in [1.807, 2.05) is 0 Å². The van der Waals surface area contributed by atoms with E-state index in [0.29, 0.717) is 6.04 Å². The summed E-state index contributed by atoms with van der Waals surface area (Å²) in [7, 11) is 0. The largest absolute Gasteiger partial charge is 0.491 e. The molecule has 1 saturated heterocycles. The molecule has 0 saturated carbocycles. The van der Waals surface area contributed by atoms with Crippen LogP contribution in [0.15, 0.2) is 24.3 Å². The molecule has 1 atom stereocenters. The van der Waals surface area contributed by atoms with Crippen LogP contribution >= 0.6 is 0 Å². The van der Waals surface area contributed by atoms with Crippen molar-refractivity contribution in [2.24, 2.45) is 0 Å². The summed E-state index contributed by atoms with van der Waals surface area (Å²) in [6, 6.07) is 8.96. The molecule has 0 aliphatic carbocycles. The van der Waals surface area contributed by atoms with Crippen molar-refractivity contribution in [2.75, 3.05) is 19.6 Å². The number of hydrogen-bond donors (Lipinski definition) is 1. The Morgan fingerprint density at radius 2 is 1.71 bits per heavy atom. The molecular formula is C18H30N2O. The number of ether oxygens (including phenoxy) is 1. The highest BCUT2D eigenvalue weighted by Crippen LogP contribution is 2.14. The number of hydrogen-bond acceptors (Lipinski definition) is 3. The summed E-state index contributed by atoms with van der Waals surface area (Å²) in [5.41, 5.74) is 1.32. The highest BCUT2D eigenvalue weighted by Gasteiger charge is 2.12. The zero-order valence-corrected chi connectivity index (χ0v) is 13.8. The highest BCUT2D eigenvalue weighted by molar-refractivity contribution is 5.27. The molecule has 1 aliphatic heterocycles. The van der Waals surface area contributed by atoms with E-state index in [9.17, 15) is 0 Å². The molecule has 0 amide bonds. The van der Waals surface area contributed by atoms with Crippen LogP contribution in [0, 0.1) is 0 Å². The van der Waals surface area contributed by atoms with Crippen molar-refractivity contribution in [3.8, 4) is 5.75 Å². The third-order valence-corrected chi connectivity index (χ3v) is 3.93. The third-order valence-electron chi connectivity index (χ3n) is 3.93. The molecule has 1 unspecified atom stereocenters. The monoisotopic (exact) mass is 290 g/mol. The summed E-state index contributed by atoms with van der Waals surface area (Å²) >= 11 is 0. The fourth-order valence-corrected chi connectivity index (χ4v) is 2.84. The highest BCUT2D eigenvalue weighted by atomic mass is 16.5. The zero-order chi connectivity index (χ0) is 15.1. The number of likely N-dealkylation sites (tertiary alicyclic amines) is 1. The Kier molecular flexibility index (Phi) is 6.52. The van der Waals surface area contributed by atoms with Crippen LogP contribution in [0.1, 0.15) is 45.6 Å². The van der Waals surface area contributed by atoms with Gasteiger partial charge in [0.1, 0.15) is 5.75 Å². The number of rotatable bonds is 7. The summed E-state index contributed by atoms with van der Waals surface area (Å²) in [6.07, 6.45) is 4.37. The number of piperidine rings is 1. The van der Waals surface area contributed by atoms with Gasteiger partial charge in [0, 0.05) is 19.1 Å². The second-order valence-corrected chi connectivity index (χ2v) is 6.45. The smallest absolute Gasteiger partial charge is 0.119 e. The number of nitrogens with zero attached hydrogens (tertiary/aromatic N) is 1. The van der Waals surface area contributed by atoms with Gasteiger partial charge < -0.3 is 15.0 Å². The van der Waals surface area contributed by atoms with E-state index in [2.05, 4.69) is 55.3 Å². The summed E-state index contributed by atoms with van der Waals surface area (Å²) in [4.78, 5) is 2.58. The standard InChI is InChI=1S/C18H30N2O/c1-15(2)21-18-9-7-17(8-10-18)13-19-16(3)14-20-11-5-4-6-12-20/h7-10,15-16,19H,4-6,11-14H2,1-3H3. The van der Waals surface area contributed by atoms with E-state index in [1.165, 1.54) is 37.9 Å². The van der Waals surface area contributed by atoms with Gasteiger partial charge in [-0.1, -0.05) is 18.6 Å². The van der Waals surface area contributed by atoms with Crippen molar-refractivity contribution in [3.63, 3.8) is 0 Å². The first-order chi connectivity index (χ1) is 10.1. The first-order valence-corrected chi connectivity index (χ1v) is 8.35. The summed E-state index contributed by atoms with van der Waals surface area (Å²) in [5.74, 6) is 0.954. The summed E-state index contributed by atoms with van der Waals surface area (Å²) in [6.45, 7) is 11.0. The SMILES string of the molecule is CC(CN1CCCCC1)NCc1ccc(OC(C)C)cc1. The molecule has 1 aliphatic rings. The Labute approximate surface area is 129 Å². The molecule has 21 heavy (non-hydrogen) atoms. The summed E-state index contributed by atoms with van der Waals surface area (Å²) in [5, 5.41) is 3.62. The van der Waals surface area contributed by atoms with E-state index in [4.69, 9.17) is 4.74 Å². The lowest BCUT2D eigenvalue weighted by Crippen LogP contribution is -2.41. The first kappa shape index (κ1) is 16.3. The van der Waals surface area contributed by atoms with Crippen LogP contribution in [0.3, 0.4) is 0 Å². The van der Waals surface area contributed by atoms with Crippen molar-refractivity contribution < 1.29 is 4.74 Å². The average molecular weight is 290 g/mol. The topological polar surface area (TPSA) is 24.5 Å². The van der Waals surface area contributed by atoms with E-state index < -0.39 is 0 Å². The van der Waals surface area contributed by atoms with Crippen LogP contribution in [-0.4, -0.2) is 36.7 Å². The average Bonchev–Trinajstić information content (AvgIpc) is 2.47. The van der Waals surface area contributed by atoms with Gasteiger partial charge in [-0.3, -0.25) is 0 Å². The van der Waals surface area contributed by atoms with Gasteiger partial charge in [-0.05, 0) is 64.4 Å². The Morgan fingerprint density at radius 1 is 1.05 bits per heavy atom. The van der Waals surface area contributed by atoms with Crippen LogP contribution < -0.4 is 10.1 Å². The van der Waals surface area contributed by atoms with Gasteiger partial charge >= 0.3 is 0 Å². The zero-order valence-electron chi connectivity index (χ0n) is 13.8. The van der Waals surface area contributed by atoms with Crippen LogP contribution in [-0.2, 0) is 6.54 Å². The quantitative estimate of drug-likeness (QED) is 0.832. The lowest BCUT2D eigenvalue weighted by Gasteiger charge is -2.29. The molecule has 3 heteroatoms. The van der Waals surface area contributed by atoms with Crippen molar-refractivity contribution in [1.82, 2.24) is 10.2 Å².